The molecule has 2 heterocycles. The predicted molar refractivity (Wildman–Crippen MR) is 159 cm³/mol. The Bertz CT molecular complexity index is 1410. The molecule has 7 heteroatoms. The van der Waals surface area contributed by atoms with Crippen LogP contribution in [0.5, 0.6) is 5.75 Å². The van der Waals surface area contributed by atoms with E-state index in [2.05, 4.69) is 29.7 Å². The fraction of sp³-hybridized carbons (Fsp3) is 0.344. The molecular formula is C32H34N4O2S. The second-order valence-electron chi connectivity index (χ2n) is 9.76. The van der Waals surface area contributed by atoms with Crippen LogP contribution >= 0.6 is 11.3 Å². The second-order valence-corrected chi connectivity index (χ2v) is 10.9. The number of nitriles is 2. The van der Waals surface area contributed by atoms with E-state index >= 15 is 0 Å². The topological polar surface area (TPSA) is 84.6 Å². The summed E-state index contributed by atoms with van der Waals surface area (Å²) >= 11 is 1.57. The zero-order valence-electron chi connectivity index (χ0n) is 23.0. The van der Waals surface area contributed by atoms with Crippen LogP contribution in [0.15, 0.2) is 59.0 Å². The molecule has 1 aliphatic heterocycles. The normalized spacial score (nSPS) is 14.3. The molecule has 1 aromatic heterocycles. The highest BCUT2D eigenvalue weighted by Gasteiger charge is 2.38. The van der Waals surface area contributed by atoms with Crippen molar-refractivity contribution in [2.45, 2.75) is 59.0 Å². The van der Waals surface area contributed by atoms with E-state index in [0.29, 0.717) is 5.57 Å². The van der Waals surface area contributed by atoms with E-state index in [1.165, 1.54) is 0 Å². The fourth-order valence-corrected chi connectivity index (χ4v) is 5.09. The van der Waals surface area contributed by atoms with Gasteiger partial charge in [0.25, 0.3) is 0 Å². The minimum atomic E-state index is -0.836. The molecule has 2 aromatic rings. The van der Waals surface area contributed by atoms with Crippen LogP contribution in [0.4, 0.5) is 5.69 Å². The highest BCUT2D eigenvalue weighted by molar-refractivity contribution is 7.13. The molecule has 6 nitrogen and oxygen atoms in total. The number of hydrogen-bond acceptors (Lipinski definition) is 6. The first-order chi connectivity index (χ1) is 18.8. The molecule has 3 rings (SSSR count). The maximum absolute atomic E-state index is 10.7. The number of nitrogens with zero attached hydrogens (tertiary/aromatic N) is 4. The van der Waals surface area contributed by atoms with Crippen molar-refractivity contribution in [3.05, 3.63) is 85.7 Å². The molecule has 0 bridgehead atoms. The number of thiophene rings is 1. The summed E-state index contributed by atoms with van der Waals surface area (Å²) in [5, 5.41) is 29.2. The third-order valence-electron chi connectivity index (χ3n) is 6.47. The van der Waals surface area contributed by atoms with E-state index in [-0.39, 0.29) is 22.8 Å². The number of phenolic OH excluding ortho intramolecular Hbond substituents is 1. The van der Waals surface area contributed by atoms with Crippen LogP contribution in [0.2, 0.25) is 0 Å². The Labute approximate surface area is 235 Å². The van der Waals surface area contributed by atoms with Gasteiger partial charge < -0.3 is 14.7 Å². The van der Waals surface area contributed by atoms with Gasteiger partial charge in [0.15, 0.2) is 11.3 Å². The summed E-state index contributed by atoms with van der Waals surface area (Å²) in [6.07, 6.45) is 12.1. The summed E-state index contributed by atoms with van der Waals surface area (Å²) in [6.45, 7) is 17.6. The smallest absolute Gasteiger partial charge is 0.237 e. The van der Waals surface area contributed by atoms with Gasteiger partial charge in [0, 0.05) is 45.7 Å². The molecule has 0 saturated carbocycles. The largest absolute Gasteiger partial charge is 0.507 e. The number of benzene rings is 1. The molecule has 0 saturated heterocycles. The van der Waals surface area contributed by atoms with E-state index in [1.54, 1.807) is 11.3 Å². The van der Waals surface area contributed by atoms with Gasteiger partial charge in [-0.2, -0.15) is 10.5 Å². The molecule has 0 amide bonds. The Morgan fingerprint density at radius 2 is 1.64 bits per heavy atom. The van der Waals surface area contributed by atoms with E-state index < -0.39 is 5.60 Å². The molecular weight excluding hydrogens is 504 g/mol. The highest BCUT2D eigenvalue weighted by atomic mass is 32.1. The standard InChI is InChI=1S/C32H34N4O2S/c1-6-8-18-36(19-9-7-2)25-12-10-23(29(37)20-25)11-13-26-14-15-27(39-26)16-17-28-30(35-5)31(24(21-33)22-34)38-32(28,3)4/h10-17,20,37H,6-9,18-19H2,1-4H3/b13-11+,17-16+. The number of rotatable bonds is 11. The number of hydrogen-bond donors (Lipinski definition) is 1. The molecule has 0 unspecified atom stereocenters. The molecule has 0 spiro atoms. The average molecular weight is 539 g/mol. The summed E-state index contributed by atoms with van der Waals surface area (Å²) in [5.41, 5.74) is 1.59. The summed E-state index contributed by atoms with van der Waals surface area (Å²) in [7, 11) is 0. The molecule has 1 aromatic carbocycles. The maximum Gasteiger partial charge on any atom is 0.237 e. The first kappa shape index (κ1) is 29.3. The molecule has 0 fully saturated rings. The number of allylic oxidation sites excluding steroid dienone is 1. The van der Waals surface area contributed by atoms with E-state index in [4.69, 9.17) is 11.3 Å². The maximum atomic E-state index is 10.7. The van der Waals surface area contributed by atoms with Crippen LogP contribution in [0.1, 0.15) is 68.7 Å². The quantitative estimate of drug-likeness (QED) is 0.230. The van der Waals surface area contributed by atoms with Gasteiger partial charge in [-0.15, -0.1) is 11.3 Å². The Morgan fingerprint density at radius 3 is 2.18 bits per heavy atom. The van der Waals surface area contributed by atoms with Crippen LogP contribution in [0.3, 0.4) is 0 Å². The highest BCUT2D eigenvalue weighted by Crippen LogP contribution is 2.41. The number of unbranched alkanes of at least 4 members (excludes halogenated alkanes) is 2. The van der Waals surface area contributed by atoms with Crippen molar-refractivity contribution in [2.75, 3.05) is 18.0 Å². The number of ether oxygens (including phenoxy) is 1. The summed E-state index contributed by atoms with van der Waals surface area (Å²) in [5.74, 6) is 0.303. The molecule has 1 aliphatic rings. The SMILES string of the molecule is [C-]#[N+]C1=C(/C=C/c2ccc(/C=C/c3ccc(N(CCCC)CCCC)cc3O)s2)C(C)(C)OC1=C(C#N)C#N. The van der Waals surface area contributed by atoms with Crippen molar-refractivity contribution >= 4 is 35.3 Å². The lowest BCUT2D eigenvalue weighted by Crippen LogP contribution is -2.25. The lowest BCUT2D eigenvalue weighted by molar-refractivity contribution is 0.0954. The summed E-state index contributed by atoms with van der Waals surface area (Å²) < 4.78 is 5.82. The van der Waals surface area contributed by atoms with E-state index in [0.717, 1.165) is 59.8 Å². The zero-order valence-corrected chi connectivity index (χ0v) is 23.8. The van der Waals surface area contributed by atoms with Crippen LogP contribution in [-0.2, 0) is 4.74 Å². The average Bonchev–Trinajstić information content (AvgIpc) is 3.48. The predicted octanol–water partition coefficient (Wildman–Crippen LogP) is 8.33. The third kappa shape index (κ3) is 7.20. The Balaban J connectivity index is 1.78. The summed E-state index contributed by atoms with van der Waals surface area (Å²) in [6, 6.07) is 13.5. The minimum absolute atomic E-state index is 0.0409. The second kappa shape index (κ2) is 13.5. The molecule has 1 N–H and O–H groups in total. The van der Waals surface area contributed by atoms with E-state index in [1.807, 2.05) is 74.6 Å². The van der Waals surface area contributed by atoms with Gasteiger partial charge in [-0.1, -0.05) is 32.8 Å². The van der Waals surface area contributed by atoms with Gasteiger partial charge in [0.2, 0.25) is 5.70 Å². The first-order valence-electron chi connectivity index (χ1n) is 13.2. The van der Waals surface area contributed by atoms with Crippen LogP contribution in [0.25, 0.3) is 23.1 Å². The first-order valence-corrected chi connectivity index (χ1v) is 14.0. The van der Waals surface area contributed by atoms with Gasteiger partial charge in [0.05, 0.1) is 6.57 Å². The third-order valence-corrected chi connectivity index (χ3v) is 7.49. The number of aromatic hydroxyl groups is 1. The van der Waals surface area contributed by atoms with Crippen LogP contribution in [0, 0.1) is 29.2 Å². The lowest BCUT2D eigenvalue weighted by Gasteiger charge is -2.25. The van der Waals surface area contributed by atoms with Crippen LogP contribution in [-0.4, -0.2) is 23.8 Å². The fourth-order valence-electron chi connectivity index (χ4n) is 4.28. The van der Waals surface area contributed by atoms with Gasteiger partial charge >= 0.3 is 0 Å². The summed E-state index contributed by atoms with van der Waals surface area (Å²) in [4.78, 5) is 7.90. The molecule has 0 atom stereocenters. The minimum Gasteiger partial charge on any atom is -0.507 e. The van der Waals surface area contributed by atoms with Crippen molar-refractivity contribution in [2.24, 2.45) is 0 Å². The monoisotopic (exact) mass is 538 g/mol. The van der Waals surface area contributed by atoms with Gasteiger partial charge in [0.1, 0.15) is 23.5 Å². The van der Waals surface area contributed by atoms with Crippen LogP contribution < -0.4 is 4.90 Å². The van der Waals surface area contributed by atoms with Crippen molar-refractivity contribution in [1.82, 2.24) is 0 Å². The molecule has 39 heavy (non-hydrogen) atoms. The van der Waals surface area contributed by atoms with Gasteiger partial charge in [-0.3, -0.25) is 0 Å². The zero-order chi connectivity index (χ0) is 28.4. The number of phenols is 1. The van der Waals surface area contributed by atoms with E-state index in [9.17, 15) is 15.6 Å². The number of anilines is 1. The molecule has 0 aliphatic carbocycles. The van der Waals surface area contributed by atoms with Crippen molar-refractivity contribution in [3.8, 4) is 17.9 Å². The van der Waals surface area contributed by atoms with Crippen molar-refractivity contribution in [1.29, 1.82) is 10.5 Å². The van der Waals surface area contributed by atoms with Crippen molar-refractivity contribution in [3.63, 3.8) is 0 Å². The van der Waals surface area contributed by atoms with Crippen molar-refractivity contribution < 1.29 is 9.84 Å². The Hall–Kier alpha value is -4.25. The Morgan fingerprint density at radius 1 is 1.03 bits per heavy atom. The molecule has 0 radical (unpaired) electrons. The Kier molecular flexibility index (Phi) is 10.2. The lowest BCUT2D eigenvalue weighted by atomic mass is 9.97. The van der Waals surface area contributed by atoms with Gasteiger partial charge in [-0.05, 0) is 69.2 Å². The van der Waals surface area contributed by atoms with Gasteiger partial charge in [-0.25, -0.2) is 4.85 Å². The molecule has 200 valence electrons.